The van der Waals surface area contributed by atoms with E-state index in [1.165, 1.54) is 12.1 Å². The number of rotatable bonds is 4. The third kappa shape index (κ3) is 3.60. The number of hydrogen-bond donors (Lipinski definition) is 1. The van der Waals surface area contributed by atoms with Crippen molar-refractivity contribution in [2.75, 3.05) is 20.3 Å². The van der Waals surface area contributed by atoms with E-state index in [2.05, 4.69) is 0 Å². The lowest BCUT2D eigenvalue weighted by Crippen LogP contribution is -2.44. The predicted molar refractivity (Wildman–Crippen MR) is 79.3 cm³/mol. The number of aryl methyl sites for hydroxylation is 1. The molecule has 0 saturated carbocycles. The Hall–Kier alpha value is -1.46. The fraction of sp³-hybridized carbons (Fsp3) is 0.562. The van der Waals surface area contributed by atoms with Gasteiger partial charge in [-0.25, -0.2) is 4.39 Å². The van der Waals surface area contributed by atoms with E-state index in [0.29, 0.717) is 19.6 Å². The number of nitrogens with two attached hydrogens (primary N) is 1. The van der Waals surface area contributed by atoms with Crippen LogP contribution in [0.15, 0.2) is 18.2 Å². The maximum atomic E-state index is 13.3. The van der Waals surface area contributed by atoms with Gasteiger partial charge in [0.05, 0.1) is 12.6 Å². The van der Waals surface area contributed by atoms with Crippen LogP contribution in [0.3, 0.4) is 0 Å². The molecule has 0 bridgehead atoms. The molecule has 0 spiro atoms. The van der Waals surface area contributed by atoms with Crippen LogP contribution in [0.5, 0.6) is 0 Å². The molecule has 0 aliphatic carbocycles. The highest BCUT2D eigenvalue weighted by atomic mass is 19.1. The van der Waals surface area contributed by atoms with Gasteiger partial charge in [0, 0.05) is 26.1 Å². The first-order valence-electron chi connectivity index (χ1n) is 7.34. The predicted octanol–water partition coefficient (Wildman–Crippen LogP) is 2.16. The minimum absolute atomic E-state index is 0.0914. The standard InChI is InChI=1S/C16H23FN2O2/c1-11-10-12(17)6-7-13(11)16-14(18)4-3-5-15(20)19(16)8-9-21-2/h6-7,10,14,16H,3-5,8-9,18H2,1-2H3. The average Bonchev–Trinajstić information content (AvgIpc) is 2.56. The van der Waals surface area contributed by atoms with Crippen LogP contribution >= 0.6 is 0 Å². The molecule has 5 heteroatoms. The fourth-order valence-corrected chi connectivity index (χ4v) is 3.00. The van der Waals surface area contributed by atoms with E-state index in [1.54, 1.807) is 18.1 Å². The van der Waals surface area contributed by atoms with Gasteiger partial charge in [-0.2, -0.15) is 0 Å². The van der Waals surface area contributed by atoms with E-state index >= 15 is 0 Å². The third-order valence-electron chi connectivity index (χ3n) is 4.08. The van der Waals surface area contributed by atoms with Crippen molar-refractivity contribution in [1.29, 1.82) is 0 Å². The molecule has 4 nitrogen and oxygen atoms in total. The Kier molecular flexibility index (Phi) is 5.31. The van der Waals surface area contributed by atoms with Crippen molar-refractivity contribution >= 4 is 5.91 Å². The molecule has 1 saturated heterocycles. The van der Waals surface area contributed by atoms with Gasteiger partial charge in [0.1, 0.15) is 5.82 Å². The maximum Gasteiger partial charge on any atom is 0.223 e. The molecule has 0 radical (unpaired) electrons. The molecule has 1 aliphatic rings. The molecule has 1 heterocycles. The van der Waals surface area contributed by atoms with Gasteiger partial charge < -0.3 is 15.4 Å². The number of methoxy groups -OCH3 is 1. The third-order valence-corrected chi connectivity index (χ3v) is 4.08. The summed E-state index contributed by atoms with van der Waals surface area (Å²) in [6, 6.07) is 4.31. The number of carbonyl (C=O) groups excluding carboxylic acids is 1. The van der Waals surface area contributed by atoms with Gasteiger partial charge in [-0.3, -0.25) is 4.79 Å². The van der Waals surface area contributed by atoms with Crippen molar-refractivity contribution in [1.82, 2.24) is 4.90 Å². The van der Waals surface area contributed by atoms with Crippen molar-refractivity contribution in [3.05, 3.63) is 35.1 Å². The number of benzene rings is 1. The molecule has 2 atom stereocenters. The van der Waals surface area contributed by atoms with Gasteiger partial charge in [0.25, 0.3) is 0 Å². The summed E-state index contributed by atoms with van der Waals surface area (Å²) >= 11 is 0. The second-order valence-electron chi connectivity index (χ2n) is 5.58. The molecular formula is C16H23FN2O2. The van der Waals surface area contributed by atoms with Crippen LogP contribution in [-0.4, -0.2) is 37.1 Å². The lowest BCUT2D eigenvalue weighted by atomic mass is 9.93. The van der Waals surface area contributed by atoms with Crippen molar-refractivity contribution in [2.24, 2.45) is 5.73 Å². The van der Waals surface area contributed by atoms with Crippen molar-refractivity contribution < 1.29 is 13.9 Å². The van der Waals surface area contributed by atoms with Gasteiger partial charge in [-0.1, -0.05) is 6.07 Å². The summed E-state index contributed by atoms with van der Waals surface area (Å²) < 4.78 is 18.4. The average molecular weight is 294 g/mol. The first kappa shape index (κ1) is 15.9. The Morgan fingerprint density at radius 1 is 1.48 bits per heavy atom. The first-order valence-corrected chi connectivity index (χ1v) is 7.34. The molecule has 2 unspecified atom stereocenters. The SMILES string of the molecule is COCCN1C(=O)CCCC(N)C1c1ccc(F)cc1C. The molecule has 116 valence electrons. The van der Waals surface area contributed by atoms with Gasteiger partial charge in [0.15, 0.2) is 0 Å². The summed E-state index contributed by atoms with van der Waals surface area (Å²) in [6.45, 7) is 2.83. The van der Waals surface area contributed by atoms with Crippen LogP contribution in [0, 0.1) is 12.7 Å². The zero-order valence-electron chi connectivity index (χ0n) is 12.6. The summed E-state index contributed by atoms with van der Waals surface area (Å²) in [7, 11) is 1.61. The molecule has 21 heavy (non-hydrogen) atoms. The summed E-state index contributed by atoms with van der Waals surface area (Å²) in [4.78, 5) is 14.2. The Morgan fingerprint density at radius 2 is 2.24 bits per heavy atom. The number of carbonyl (C=O) groups is 1. The topological polar surface area (TPSA) is 55.6 Å². The Morgan fingerprint density at radius 3 is 2.90 bits per heavy atom. The normalized spacial score (nSPS) is 23.2. The fourth-order valence-electron chi connectivity index (χ4n) is 3.00. The number of nitrogens with zero attached hydrogens (tertiary/aromatic N) is 1. The lowest BCUT2D eigenvalue weighted by Gasteiger charge is -2.34. The van der Waals surface area contributed by atoms with E-state index in [-0.39, 0.29) is 23.8 Å². The van der Waals surface area contributed by atoms with E-state index in [4.69, 9.17) is 10.5 Å². The molecule has 1 fully saturated rings. The molecule has 1 aromatic rings. The maximum absolute atomic E-state index is 13.3. The van der Waals surface area contributed by atoms with Crippen molar-refractivity contribution in [2.45, 2.75) is 38.3 Å². The molecule has 1 aliphatic heterocycles. The van der Waals surface area contributed by atoms with E-state index in [1.807, 2.05) is 6.92 Å². The molecule has 0 aromatic heterocycles. The van der Waals surface area contributed by atoms with E-state index < -0.39 is 0 Å². The van der Waals surface area contributed by atoms with E-state index in [0.717, 1.165) is 24.0 Å². The highest BCUT2D eigenvalue weighted by Gasteiger charge is 2.33. The highest BCUT2D eigenvalue weighted by molar-refractivity contribution is 5.77. The van der Waals surface area contributed by atoms with Gasteiger partial charge in [-0.15, -0.1) is 0 Å². The molecule has 1 aromatic carbocycles. The van der Waals surface area contributed by atoms with Gasteiger partial charge in [-0.05, 0) is 43.0 Å². The number of hydrogen-bond acceptors (Lipinski definition) is 3. The number of halogens is 1. The minimum atomic E-state index is -0.270. The zero-order valence-corrected chi connectivity index (χ0v) is 12.6. The smallest absolute Gasteiger partial charge is 0.223 e. The first-order chi connectivity index (χ1) is 10.0. The molecular weight excluding hydrogens is 271 g/mol. The Balaban J connectivity index is 2.38. The number of ether oxygens (including phenoxy) is 1. The lowest BCUT2D eigenvalue weighted by molar-refractivity contribution is -0.134. The van der Waals surface area contributed by atoms with Crippen LogP contribution in [0.4, 0.5) is 4.39 Å². The molecule has 2 N–H and O–H groups in total. The zero-order chi connectivity index (χ0) is 15.4. The van der Waals surface area contributed by atoms with Crippen LogP contribution in [0.2, 0.25) is 0 Å². The van der Waals surface area contributed by atoms with Crippen LogP contribution in [-0.2, 0) is 9.53 Å². The van der Waals surface area contributed by atoms with Gasteiger partial charge >= 0.3 is 0 Å². The van der Waals surface area contributed by atoms with Crippen molar-refractivity contribution in [3.63, 3.8) is 0 Å². The van der Waals surface area contributed by atoms with Gasteiger partial charge in [0.2, 0.25) is 5.91 Å². The summed E-state index contributed by atoms with van der Waals surface area (Å²) in [5.41, 5.74) is 8.07. The Labute approximate surface area is 125 Å². The number of amides is 1. The molecule has 2 rings (SSSR count). The van der Waals surface area contributed by atoms with Crippen LogP contribution in [0.1, 0.15) is 36.4 Å². The molecule has 1 amide bonds. The summed E-state index contributed by atoms with van der Waals surface area (Å²) in [6.07, 6.45) is 2.09. The quantitative estimate of drug-likeness (QED) is 0.926. The second kappa shape index (κ2) is 7.00. The minimum Gasteiger partial charge on any atom is -0.383 e. The van der Waals surface area contributed by atoms with Crippen molar-refractivity contribution in [3.8, 4) is 0 Å². The van der Waals surface area contributed by atoms with Crippen LogP contribution in [0.25, 0.3) is 0 Å². The highest BCUT2D eigenvalue weighted by Crippen LogP contribution is 2.32. The monoisotopic (exact) mass is 294 g/mol. The number of likely N-dealkylation sites (tertiary alicyclic amines) is 1. The van der Waals surface area contributed by atoms with E-state index in [9.17, 15) is 9.18 Å². The Bertz CT molecular complexity index is 507. The largest absolute Gasteiger partial charge is 0.383 e. The van der Waals surface area contributed by atoms with Crippen LogP contribution < -0.4 is 5.73 Å². The summed E-state index contributed by atoms with van der Waals surface area (Å²) in [5.74, 6) is -0.179. The second-order valence-corrected chi connectivity index (χ2v) is 5.58. The summed E-state index contributed by atoms with van der Waals surface area (Å²) in [5, 5.41) is 0.